The van der Waals surface area contributed by atoms with E-state index in [4.69, 9.17) is 0 Å². The van der Waals surface area contributed by atoms with Crippen LogP contribution in [0.3, 0.4) is 0 Å². The Morgan fingerprint density at radius 2 is 2.07 bits per heavy atom. The summed E-state index contributed by atoms with van der Waals surface area (Å²) < 4.78 is 0. The van der Waals surface area contributed by atoms with Crippen molar-refractivity contribution in [3.63, 3.8) is 0 Å². The molecule has 0 aromatic rings. The van der Waals surface area contributed by atoms with Crippen LogP contribution in [0.1, 0.15) is 52.9 Å². The van der Waals surface area contributed by atoms with Gasteiger partial charge in [-0.25, -0.2) is 0 Å². The molecule has 3 atom stereocenters. The molecule has 1 fully saturated rings. The first-order chi connectivity index (χ1) is 7.33. The summed E-state index contributed by atoms with van der Waals surface area (Å²) in [7, 11) is 0. The van der Waals surface area contributed by atoms with E-state index in [1.54, 1.807) is 0 Å². The molecule has 0 aromatic heterocycles. The summed E-state index contributed by atoms with van der Waals surface area (Å²) in [6.07, 6.45) is 11.5. The van der Waals surface area contributed by atoms with Gasteiger partial charge in [0.25, 0.3) is 0 Å². The van der Waals surface area contributed by atoms with E-state index in [2.05, 4.69) is 38.2 Å². The van der Waals surface area contributed by atoms with E-state index < -0.39 is 0 Å². The smallest absolute Gasteiger partial charge is 0.0101 e. The zero-order valence-electron chi connectivity index (χ0n) is 10.6. The lowest BCUT2D eigenvalue weighted by atomic mass is 9.88. The van der Waals surface area contributed by atoms with Gasteiger partial charge in [0, 0.05) is 6.04 Å². The maximum Gasteiger partial charge on any atom is 0.0101 e. The third kappa shape index (κ3) is 3.64. The molecular formula is C14H27N. The molecule has 1 saturated carbocycles. The fourth-order valence-electron chi connectivity index (χ4n) is 2.96. The van der Waals surface area contributed by atoms with Crippen molar-refractivity contribution >= 4 is 0 Å². The van der Waals surface area contributed by atoms with E-state index in [9.17, 15) is 0 Å². The van der Waals surface area contributed by atoms with Crippen molar-refractivity contribution in [1.82, 2.24) is 5.32 Å². The van der Waals surface area contributed by atoms with E-state index >= 15 is 0 Å². The van der Waals surface area contributed by atoms with Crippen LogP contribution in [0, 0.1) is 11.8 Å². The SMILES string of the molecule is C/C=C/C1CCC(NCC)C1CCCC. The van der Waals surface area contributed by atoms with Gasteiger partial charge in [0.1, 0.15) is 0 Å². The van der Waals surface area contributed by atoms with Gasteiger partial charge in [-0.05, 0) is 44.6 Å². The van der Waals surface area contributed by atoms with Crippen molar-refractivity contribution in [2.75, 3.05) is 6.54 Å². The average Bonchev–Trinajstić information content (AvgIpc) is 2.60. The summed E-state index contributed by atoms with van der Waals surface area (Å²) in [6, 6.07) is 0.780. The van der Waals surface area contributed by atoms with Crippen molar-refractivity contribution in [3.8, 4) is 0 Å². The minimum absolute atomic E-state index is 0.780. The Labute approximate surface area is 95.3 Å². The zero-order chi connectivity index (χ0) is 11.1. The molecule has 0 bridgehead atoms. The highest BCUT2D eigenvalue weighted by atomic mass is 14.9. The minimum atomic E-state index is 0.780. The normalized spacial score (nSPS) is 31.5. The summed E-state index contributed by atoms with van der Waals surface area (Å²) in [6.45, 7) is 7.79. The van der Waals surface area contributed by atoms with Crippen LogP contribution in [-0.4, -0.2) is 12.6 Å². The molecule has 3 unspecified atom stereocenters. The van der Waals surface area contributed by atoms with Crippen LogP contribution in [0.2, 0.25) is 0 Å². The van der Waals surface area contributed by atoms with Crippen molar-refractivity contribution in [2.24, 2.45) is 11.8 Å². The van der Waals surface area contributed by atoms with Gasteiger partial charge in [-0.15, -0.1) is 0 Å². The summed E-state index contributed by atoms with van der Waals surface area (Å²) in [5.74, 6) is 1.73. The Morgan fingerprint density at radius 3 is 2.67 bits per heavy atom. The maximum absolute atomic E-state index is 3.66. The summed E-state index contributed by atoms with van der Waals surface area (Å²) in [5, 5.41) is 3.66. The molecule has 0 heterocycles. The average molecular weight is 209 g/mol. The van der Waals surface area contributed by atoms with Crippen LogP contribution in [0.4, 0.5) is 0 Å². The molecule has 0 radical (unpaired) electrons. The molecular weight excluding hydrogens is 182 g/mol. The van der Waals surface area contributed by atoms with E-state index in [1.165, 1.54) is 32.1 Å². The standard InChI is InChI=1S/C14H27N/c1-4-7-9-13-12(8-5-2)10-11-14(13)15-6-3/h5,8,12-15H,4,6-7,9-11H2,1-3H3/b8-5+. The van der Waals surface area contributed by atoms with Crippen molar-refractivity contribution in [2.45, 2.75) is 58.9 Å². The van der Waals surface area contributed by atoms with E-state index in [0.717, 1.165) is 24.4 Å². The van der Waals surface area contributed by atoms with Gasteiger partial charge in [-0.3, -0.25) is 0 Å². The fourth-order valence-corrected chi connectivity index (χ4v) is 2.96. The summed E-state index contributed by atoms with van der Waals surface area (Å²) >= 11 is 0. The second-order valence-corrected chi connectivity index (χ2v) is 4.74. The largest absolute Gasteiger partial charge is 0.314 e. The van der Waals surface area contributed by atoms with Gasteiger partial charge >= 0.3 is 0 Å². The quantitative estimate of drug-likeness (QED) is 0.657. The highest BCUT2D eigenvalue weighted by Crippen LogP contribution is 2.36. The molecule has 1 N–H and O–H groups in total. The maximum atomic E-state index is 3.66. The number of rotatable bonds is 6. The Kier molecular flexibility index (Phi) is 6.00. The molecule has 15 heavy (non-hydrogen) atoms. The van der Waals surface area contributed by atoms with Gasteiger partial charge in [-0.2, -0.15) is 0 Å². The molecule has 0 aliphatic heterocycles. The first-order valence-corrected chi connectivity index (χ1v) is 6.69. The second-order valence-electron chi connectivity index (χ2n) is 4.74. The van der Waals surface area contributed by atoms with Crippen LogP contribution < -0.4 is 5.32 Å². The third-order valence-corrected chi connectivity index (χ3v) is 3.67. The molecule has 0 amide bonds. The van der Waals surface area contributed by atoms with Crippen LogP contribution in [0.25, 0.3) is 0 Å². The van der Waals surface area contributed by atoms with Crippen LogP contribution >= 0.6 is 0 Å². The number of unbranched alkanes of at least 4 members (excludes halogenated alkanes) is 1. The Morgan fingerprint density at radius 1 is 1.27 bits per heavy atom. The lowest BCUT2D eigenvalue weighted by molar-refractivity contribution is 0.336. The van der Waals surface area contributed by atoms with Crippen LogP contribution in [0.15, 0.2) is 12.2 Å². The molecule has 0 saturated heterocycles. The lowest BCUT2D eigenvalue weighted by Crippen LogP contribution is -2.33. The third-order valence-electron chi connectivity index (χ3n) is 3.67. The van der Waals surface area contributed by atoms with Crippen molar-refractivity contribution in [1.29, 1.82) is 0 Å². The zero-order valence-corrected chi connectivity index (χ0v) is 10.6. The van der Waals surface area contributed by atoms with Gasteiger partial charge < -0.3 is 5.32 Å². The number of nitrogens with one attached hydrogen (secondary N) is 1. The Balaban J connectivity index is 2.51. The van der Waals surface area contributed by atoms with E-state index in [-0.39, 0.29) is 0 Å². The van der Waals surface area contributed by atoms with E-state index in [0.29, 0.717) is 0 Å². The summed E-state index contributed by atoms with van der Waals surface area (Å²) in [4.78, 5) is 0. The molecule has 1 heteroatoms. The number of allylic oxidation sites excluding steroid dienone is 2. The van der Waals surface area contributed by atoms with Crippen LogP contribution in [-0.2, 0) is 0 Å². The number of hydrogen-bond acceptors (Lipinski definition) is 1. The Hall–Kier alpha value is -0.300. The second kappa shape index (κ2) is 7.05. The predicted octanol–water partition coefficient (Wildman–Crippen LogP) is 3.76. The van der Waals surface area contributed by atoms with Crippen molar-refractivity contribution < 1.29 is 0 Å². The van der Waals surface area contributed by atoms with Gasteiger partial charge in [0.05, 0.1) is 0 Å². The molecule has 0 spiro atoms. The van der Waals surface area contributed by atoms with Crippen molar-refractivity contribution in [3.05, 3.63) is 12.2 Å². The molecule has 0 aromatic carbocycles. The molecule has 1 nitrogen and oxygen atoms in total. The van der Waals surface area contributed by atoms with E-state index in [1.807, 2.05) is 0 Å². The first-order valence-electron chi connectivity index (χ1n) is 6.69. The first kappa shape index (κ1) is 12.8. The molecule has 1 aliphatic carbocycles. The topological polar surface area (TPSA) is 12.0 Å². The van der Waals surface area contributed by atoms with Gasteiger partial charge in [0.2, 0.25) is 0 Å². The molecule has 88 valence electrons. The monoisotopic (exact) mass is 209 g/mol. The van der Waals surface area contributed by atoms with Gasteiger partial charge in [0.15, 0.2) is 0 Å². The Bertz CT molecular complexity index is 186. The van der Waals surface area contributed by atoms with Gasteiger partial charge in [-0.1, -0.05) is 38.8 Å². The minimum Gasteiger partial charge on any atom is -0.314 e. The molecule has 1 aliphatic rings. The molecule has 1 rings (SSSR count). The highest BCUT2D eigenvalue weighted by Gasteiger charge is 2.32. The number of hydrogen-bond donors (Lipinski definition) is 1. The summed E-state index contributed by atoms with van der Waals surface area (Å²) in [5.41, 5.74) is 0. The predicted molar refractivity (Wildman–Crippen MR) is 68.0 cm³/mol. The highest BCUT2D eigenvalue weighted by molar-refractivity contribution is 4.99. The fraction of sp³-hybridized carbons (Fsp3) is 0.857. The van der Waals surface area contributed by atoms with Crippen LogP contribution in [0.5, 0.6) is 0 Å². The lowest BCUT2D eigenvalue weighted by Gasteiger charge is -2.23.